The van der Waals surface area contributed by atoms with Gasteiger partial charge in [0, 0.05) is 1.43 Å². The molecule has 0 bridgehead atoms. The third kappa shape index (κ3) is 12.4. The van der Waals surface area contributed by atoms with Gasteiger partial charge in [-0.25, -0.2) is 0 Å². The van der Waals surface area contributed by atoms with Gasteiger partial charge in [-0.15, -0.1) is 0 Å². The molecule has 4 nitrogen and oxygen atoms in total. The molecule has 0 atom stereocenters. The Morgan fingerprint density at radius 3 is 1.33 bits per heavy atom. The Hall–Kier alpha value is -0.990. The van der Waals surface area contributed by atoms with Crippen molar-refractivity contribution in [3.63, 3.8) is 0 Å². The zero-order valence-corrected chi connectivity index (χ0v) is 2.93. The van der Waals surface area contributed by atoms with Gasteiger partial charge < -0.3 is 10.3 Å². The largest absolute Gasteiger partial charge is 0.412 e. The van der Waals surface area contributed by atoms with Crippen LogP contribution in [0, 0.1) is 0 Å². The third-order valence-electron chi connectivity index (χ3n) is 0. The molecule has 2 N–H and O–H groups in total. The third-order valence-corrected chi connectivity index (χ3v) is 0. The Bertz CT molecular complexity index is 39.0. The number of hydrogen-bond acceptors (Lipinski definition) is 3. The predicted octanol–water partition coefficient (Wildman–Crippen LogP) is -1.35. The predicted molar refractivity (Wildman–Crippen MR) is 17.9 cm³/mol. The molecule has 0 aliphatic carbocycles. The monoisotopic (exact) mass is 94.0 g/mol. The smallest absolute Gasteiger partial charge is 0.373 e. The molecule has 0 heterocycles. The van der Waals surface area contributed by atoms with E-state index < -0.39 is 0 Å². The lowest BCUT2D eigenvalue weighted by atomic mass is 11.8. The standard InChI is InChI=1S/CO2.CH2O.H2O.H2/c2-1-3;1-2;;/h;1H2;1H2;1H. The van der Waals surface area contributed by atoms with Crippen LogP contribution in [0.3, 0.4) is 0 Å². The van der Waals surface area contributed by atoms with Gasteiger partial charge in [-0.2, -0.15) is 9.59 Å². The van der Waals surface area contributed by atoms with Crippen molar-refractivity contribution in [1.82, 2.24) is 0 Å². The zero-order chi connectivity index (χ0) is 4.71. The summed E-state index contributed by atoms with van der Waals surface area (Å²) < 4.78 is 0. The van der Waals surface area contributed by atoms with Gasteiger partial charge in [0.25, 0.3) is 0 Å². The van der Waals surface area contributed by atoms with Crippen LogP contribution in [0.2, 0.25) is 0 Å². The molecule has 4 heteroatoms. The molecule has 0 unspecified atom stereocenters. The van der Waals surface area contributed by atoms with E-state index in [1.807, 2.05) is 6.79 Å². The molecule has 0 rings (SSSR count). The minimum atomic E-state index is 0. The lowest BCUT2D eigenvalue weighted by Gasteiger charge is -0.945. The molecular weight excluding hydrogens is 88.0 g/mol. The van der Waals surface area contributed by atoms with Gasteiger partial charge in [0.2, 0.25) is 0 Å². The van der Waals surface area contributed by atoms with Gasteiger partial charge in [-0.3, -0.25) is 0 Å². The van der Waals surface area contributed by atoms with Crippen molar-refractivity contribution in [1.29, 1.82) is 0 Å². The topological polar surface area (TPSA) is 82.7 Å². The molecule has 0 aliphatic heterocycles. The number of carbonyl (C=O) groups is 1. The lowest BCUT2D eigenvalue weighted by Crippen LogP contribution is -1.22. The minimum Gasteiger partial charge on any atom is -0.412 e. The molecule has 0 aromatic heterocycles. The van der Waals surface area contributed by atoms with Gasteiger partial charge in [0.1, 0.15) is 6.79 Å². The summed E-state index contributed by atoms with van der Waals surface area (Å²) in [5.74, 6) is 0. The van der Waals surface area contributed by atoms with Crippen LogP contribution < -0.4 is 0 Å². The van der Waals surface area contributed by atoms with Gasteiger partial charge >= 0.3 is 6.15 Å². The van der Waals surface area contributed by atoms with Crippen LogP contribution in [0.15, 0.2) is 0 Å². The minimum absolute atomic E-state index is 0. The summed E-state index contributed by atoms with van der Waals surface area (Å²) in [7, 11) is 0. The molecule has 0 saturated heterocycles. The molecule has 0 fully saturated rings. The number of carbonyl (C=O) groups excluding carboxylic acids is 3. The van der Waals surface area contributed by atoms with Crippen LogP contribution in [0.25, 0.3) is 0 Å². The van der Waals surface area contributed by atoms with Crippen molar-refractivity contribution in [2.75, 3.05) is 0 Å². The van der Waals surface area contributed by atoms with E-state index in [2.05, 4.69) is 0 Å². The molecule has 0 aliphatic rings. The summed E-state index contributed by atoms with van der Waals surface area (Å²) in [5, 5.41) is 0. The van der Waals surface area contributed by atoms with E-state index >= 15 is 0 Å². The first kappa shape index (κ1) is 19.9. The molecule has 38 valence electrons. The molecule has 0 spiro atoms. The van der Waals surface area contributed by atoms with Gasteiger partial charge in [0.15, 0.2) is 0 Å². The van der Waals surface area contributed by atoms with Crippen LogP contribution in [-0.2, 0) is 14.4 Å². The molecule has 0 radical (unpaired) electrons. The maximum atomic E-state index is 8.12. The summed E-state index contributed by atoms with van der Waals surface area (Å²) in [4.78, 5) is 24.2. The SMILES string of the molecule is C=O.O.O=C=O.[HH]. The van der Waals surface area contributed by atoms with Crippen LogP contribution in [-0.4, -0.2) is 18.4 Å². The molecule has 0 amide bonds. The van der Waals surface area contributed by atoms with Crippen molar-refractivity contribution >= 4 is 12.9 Å². The highest BCUT2D eigenvalue weighted by atomic mass is 16.2. The Balaban J connectivity index is -0.0000000105. The van der Waals surface area contributed by atoms with Crippen molar-refractivity contribution in [3.8, 4) is 0 Å². The van der Waals surface area contributed by atoms with E-state index in [1.54, 1.807) is 0 Å². The maximum Gasteiger partial charge on any atom is 0.373 e. The van der Waals surface area contributed by atoms with E-state index in [4.69, 9.17) is 14.4 Å². The van der Waals surface area contributed by atoms with Crippen molar-refractivity contribution in [3.05, 3.63) is 0 Å². The van der Waals surface area contributed by atoms with E-state index in [1.165, 1.54) is 0 Å². The summed E-state index contributed by atoms with van der Waals surface area (Å²) in [5.41, 5.74) is 0. The van der Waals surface area contributed by atoms with Crippen LogP contribution in [0.4, 0.5) is 0 Å². The van der Waals surface area contributed by atoms with Crippen molar-refractivity contribution in [2.24, 2.45) is 0 Å². The Morgan fingerprint density at radius 1 is 1.33 bits per heavy atom. The fourth-order valence-electron chi connectivity index (χ4n) is 0. The van der Waals surface area contributed by atoms with Crippen molar-refractivity contribution < 1.29 is 21.3 Å². The van der Waals surface area contributed by atoms with E-state index in [0.29, 0.717) is 0 Å². The Morgan fingerprint density at radius 2 is 1.33 bits per heavy atom. The normalized spacial score (nSPS) is 2.00. The first-order valence-electron chi connectivity index (χ1n) is 0.697. The second-order valence-corrected chi connectivity index (χ2v) is 0.0833. The zero-order valence-electron chi connectivity index (χ0n) is 2.93. The van der Waals surface area contributed by atoms with E-state index in [-0.39, 0.29) is 13.1 Å². The average molecular weight is 94.1 g/mol. The Kier molecular flexibility index (Phi) is 1210000. The second kappa shape index (κ2) is 363000. The quantitative estimate of drug-likeness (QED) is 0.372. The first-order chi connectivity index (χ1) is 2.41. The highest BCUT2D eigenvalue weighted by molar-refractivity contribution is 5.20. The van der Waals surface area contributed by atoms with Gasteiger partial charge in [0.05, 0.1) is 0 Å². The van der Waals surface area contributed by atoms with Crippen LogP contribution >= 0.6 is 0 Å². The van der Waals surface area contributed by atoms with Gasteiger partial charge in [-0.1, -0.05) is 0 Å². The van der Waals surface area contributed by atoms with Crippen LogP contribution in [0.1, 0.15) is 1.43 Å². The molecular formula is C2H6O4. The summed E-state index contributed by atoms with van der Waals surface area (Å²) in [6.07, 6.45) is 0.250. The molecule has 0 saturated carbocycles. The molecule has 0 aromatic rings. The summed E-state index contributed by atoms with van der Waals surface area (Å²) in [6, 6.07) is 0. The van der Waals surface area contributed by atoms with Gasteiger partial charge in [-0.05, 0) is 0 Å². The van der Waals surface area contributed by atoms with Crippen molar-refractivity contribution in [2.45, 2.75) is 0 Å². The highest BCUT2D eigenvalue weighted by Gasteiger charge is 1.13. The fourth-order valence-corrected chi connectivity index (χ4v) is 0. The molecule has 6 heavy (non-hydrogen) atoms. The Labute approximate surface area is 35.6 Å². The number of hydrogen-bond donors (Lipinski definition) is 0. The summed E-state index contributed by atoms with van der Waals surface area (Å²) in [6.45, 7) is 2.00. The number of rotatable bonds is 0. The van der Waals surface area contributed by atoms with E-state index in [9.17, 15) is 0 Å². The van der Waals surface area contributed by atoms with E-state index in [0.717, 1.165) is 0 Å². The second-order valence-electron chi connectivity index (χ2n) is 0.0833. The molecule has 0 aromatic carbocycles. The van der Waals surface area contributed by atoms with Crippen LogP contribution in [0.5, 0.6) is 0 Å². The highest BCUT2D eigenvalue weighted by Crippen LogP contribution is 0.787. The average Bonchev–Trinajstić information content (AvgIpc) is 1.46. The first-order valence-corrected chi connectivity index (χ1v) is 0.697. The lowest BCUT2D eigenvalue weighted by molar-refractivity contribution is -0.191. The maximum absolute atomic E-state index is 8.12. The fraction of sp³-hybridized carbons (Fsp3) is 0. The summed E-state index contributed by atoms with van der Waals surface area (Å²) >= 11 is 0.